The molecule has 6 heteroatoms. The van der Waals surface area contributed by atoms with Crippen LogP contribution in [0.4, 0.5) is 10.5 Å². The Bertz CT molecular complexity index is 754. The zero-order chi connectivity index (χ0) is 20.5. The van der Waals surface area contributed by atoms with Crippen LogP contribution in [0.1, 0.15) is 52.2 Å². The maximum absolute atomic E-state index is 12.8. The predicted octanol–water partition coefficient (Wildman–Crippen LogP) is 3.79. The minimum absolute atomic E-state index is 0.00702. The van der Waals surface area contributed by atoms with E-state index in [9.17, 15) is 9.59 Å². The van der Waals surface area contributed by atoms with Gasteiger partial charge in [-0.25, -0.2) is 4.79 Å². The molecule has 2 aliphatic heterocycles. The fourth-order valence-electron chi connectivity index (χ4n) is 3.61. The summed E-state index contributed by atoms with van der Waals surface area (Å²) in [6.45, 7) is 12.0. The Kier molecular flexibility index (Phi) is 5.87. The zero-order valence-corrected chi connectivity index (χ0v) is 17.7. The highest BCUT2D eigenvalue weighted by Gasteiger charge is 2.29. The van der Waals surface area contributed by atoms with Gasteiger partial charge in [0.1, 0.15) is 18.0 Å². The first-order valence-corrected chi connectivity index (χ1v) is 10.3. The van der Waals surface area contributed by atoms with E-state index in [1.165, 1.54) is 11.1 Å². The molecule has 0 saturated carbocycles. The van der Waals surface area contributed by atoms with Crippen molar-refractivity contribution in [1.82, 2.24) is 4.90 Å². The molecule has 6 nitrogen and oxygen atoms in total. The normalized spacial score (nSPS) is 17.8. The lowest BCUT2D eigenvalue weighted by molar-refractivity contribution is -0.122. The van der Waals surface area contributed by atoms with Gasteiger partial charge in [-0.05, 0) is 63.3 Å². The number of nitrogens with zero attached hydrogens (tertiary/aromatic N) is 2. The molecule has 3 rings (SSSR count). The number of rotatable bonds is 2. The van der Waals surface area contributed by atoms with Crippen LogP contribution in [0.15, 0.2) is 12.1 Å². The fraction of sp³-hybridized carbons (Fsp3) is 0.636. The molecule has 0 radical (unpaired) electrons. The highest BCUT2D eigenvalue weighted by Crippen LogP contribution is 2.36. The number of hydrogen-bond acceptors (Lipinski definition) is 4. The molecule has 0 spiro atoms. The van der Waals surface area contributed by atoms with E-state index in [4.69, 9.17) is 9.47 Å². The molecule has 154 valence electrons. The van der Waals surface area contributed by atoms with Gasteiger partial charge in [-0.1, -0.05) is 13.8 Å². The number of ether oxygens (including phenoxy) is 2. The van der Waals surface area contributed by atoms with E-state index in [-0.39, 0.29) is 17.9 Å². The molecule has 2 aliphatic rings. The largest absolute Gasteiger partial charge is 0.490 e. The molecule has 2 heterocycles. The highest BCUT2D eigenvalue weighted by molar-refractivity contribution is 5.96. The first-order valence-electron chi connectivity index (χ1n) is 10.3. The molecule has 1 unspecified atom stereocenters. The molecule has 0 saturated heterocycles. The second-order valence-corrected chi connectivity index (χ2v) is 8.70. The van der Waals surface area contributed by atoms with Crippen molar-refractivity contribution in [3.05, 3.63) is 23.3 Å². The van der Waals surface area contributed by atoms with Crippen molar-refractivity contribution < 1.29 is 19.1 Å². The van der Waals surface area contributed by atoms with Crippen molar-refractivity contribution in [1.29, 1.82) is 0 Å². The summed E-state index contributed by atoms with van der Waals surface area (Å²) in [7, 11) is 0. The van der Waals surface area contributed by atoms with Crippen LogP contribution in [0.2, 0.25) is 0 Å². The van der Waals surface area contributed by atoms with Crippen molar-refractivity contribution in [3.8, 4) is 5.75 Å². The Hall–Kier alpha value is -2.24. The van der Waals surface area contributed by atoms with Gasteiger partial charge in [-0.15, -0.1) is 0 Å². The van der Waals surface area contributed by atoms with Crippen molar-refractivity contribution in [2.24, 2.45) is 5.92 Å². The molecule has 0 fully saturated rings. The number of hydrogen-bond donors (Lipinski definition) is 0. The van der Waals surface area contributed by atoms with Gasteiger partial charge in [-0.2, -0.15) is 0 Å². The number of benzene rings is 1. The molecule has 2 amide bonds. The molecule has 1 atom stereocenters. The summed E-state index contributed by atoms with van der Waals surface area (Å²) in [6.07, 6.45) is 2.05. The summed E-state index contributed by atoms with van der Waals surface area (Å²) in [5.41, 5.74) is 2.72. The van der Waals surface area contributed by atoms with E-state index in [1.54, 1.807) is 4.90 Å². The average Bonchev–Trinajstić information content (AvgIpc) is 2.85. The second-order valence-electron chi connectivity index (χ2n) is 8.70. The Balaban J connectivity index is 1.81. The topological polar surface area (TPSA) is 59.1 Å². The van der Waals surface area contributed by atoms with Crippen molar-refractivity contribution in [3.63, 3.8) is 0 Å². The molecule has 28 heavy (non-hydrogen) atoms. The van der Waals surface area contributed by atoms with Gasteiger partial charge in [-0.3, -0.25) is 4.79 Å². The van der Waals surface area contributed by atoms with E-state index >= 15 is 0 Å². The van der Waals surface area contributed by atoms with Crippen LogP contribution in [0.25, 0.3) is 0 Å². The first-order chi connectivity index (χ1) is 13.2. The third-order valence-electron chi connectivity index (χ3n) is 5.40. The number of carbonyl (C=O) groups is 2. The second kappa shape index (κ2) is 8.02. The van der Waals surface area contributed by atoms with Crippen molar-refractivity contribution in [2.45, 2.75) is 59.5 Å². The summed E-state index contributed by atoms with van der Waals surface area (Å²) < 4.78 is 11.4. The van der Waals surface area contributed by atoms with Gasteiger partial charge >= 0.3 is 6.09 Å². The summed E-state index contributed by atoms with van der Waals surface area (Å²) >= 11 is 0. The monoisotopic (exact) mass is 388 g/mol. The lowest BCUT2D eigenvalue weighted by Crippen LogP contribution is -2.41. The number of carbonyl (C=O) groups excluding carboxylic acids is 2. The fourth-order valence-corrected chi connectivity index (χ4v) is 3.61. The smallest absolute Gasteiger partial charge is 0.410 e. The SMILES string of the molecule is CCC(C)C(=O)N1CCOc2cc3c(cc21)CCN(C(=O)OC(C)(C)C)CC3. The highest BCUT2D eigenvalue weighted by atomic mass is 16.6. The molecule has 0 aliphatic carbocycles. The summed E-state index contributed by atoms with van der Waals surface area (Å²) in [5, 5.41) is 0. The van der Waals surface area contributed by atoms with Crippen molar-refractivity contribution in [2.75, 3.05) is 31.1 Å². The Morgan fingerprint density at radius 3 is 2.39 bits per heavy atom. The van der Waals surface area contributed by atoms with Gasteiger partial charge in [0, 0.05) is 19.0 Å². The van der Waals surface area contributed by atoms with E-state index in [1.807, 2.05) is 39.5 Å². The lowest BCUT2D eigenvalue weighted by Gasteiger charge is -2.32. The van der Waals surface area contributed by atoms with E-state index in [0.717, 1.165) is 30.7 Å². The van der Waals surface area contributed by atoms with E-state index < -0.39 is 5.60 Å². The molecular formula is C22H32N2O4. The minimum atomic E-state index is -0.500. The van der Waals surface area contributed by atoms with Gasteiger partial charge < -0.3 is 19.3 Å². The van der Waals surface area contributed by atoms with Crippen LogP contribution in [0, 0.1) is 5.92 Å². The molecule has 1 aromatic carbocycles. The Labute approximate surface area is 167 Å². The number of fused-ring (bicyclic) bond motifs is 2. The van der Waals surface area contributed by atoms with Crippen LogP contribution in [-0.2, 0) is 22.4 Å². The van der Waals surface area contributed by atoms with E-state index in [0.29, 0.717) is 26.2 Å². The van der Waals surface area contributed by atoms with Crippen LogP contribution in [0.5, 0.6) is 5.75 Å². The first kappa shape index (κ1) is 20.5. The van der Waals surface area contributed by atoms with Crippen LogP contribution < -0.4 is 9.64 Å². The van der Waals surface area contributed by atoms with Gasteiger partial charge in [0.05, 0.1) is 12.2 Å². The molecule has 0 aromatic heterocycles. The summed E-state index contributed by atoms with van der Waals surface area (Å²) in [4.78, 5) is 28.9. The lowest BCUT2D eigenvalue weighted by atomic mass is 9.99. The Morgan fingerprint density at radius 1 is 1.14 bits per heavy atom. The molecule has 0 N–H and O–H groups in total. The standard InChI is InChI=1S/C22H32N2O4/c1-6-15(2)20(25)24-11-12-27-19-14-17-8-10-23(21(26)28-22(3,4)5)9-7-16(17)13-18(19)24/h13-15H,6-12H2,1-5H3. The zero-order valence-electron chi connectivity index (χ0n) is 17.7. The molecule has 1 aromatic rings. The predicted molar refractivity (Wildman–Crippen MR) is 109 cm³/mol. The van der Waals surface area contributed by atoms with Crippen LogP contribution in [-0.4, -0.2) is 48.7 Å². The van der Waals surface area contributed by atoms with Gasteiger partial charge in [0.2, 0.25) is 5.91 Å². The molecular weight excluding hydrogens is 356 g/mol. The average molecular weight is 389 g/mol. The number of amides is 2. The third-order valence-corrected chi connectivity index (χ3v) is 5.40. The quantitative estimate of drug-likeness (QED) is 0.773. The van der Waals surface area contributed by atoms with Crippen LogP contribution >= 0.6 is 0 Å². The van der Waals surface area contributed by atoms with Crippen LogP contribution in [0.3, 0.4) is 0 Å². The maximum Gasteiger partial charge on any atom is 0.410 e. The minimum Gasteiger partial charge on any atom is -0.490 e. The van der Waals surface area contributed by atoms with E-state index in [2.05, 4.69) is 12.1 Å². The maximum atomic E-state index is 12.8. The van der Waals surface area contributed by atoms with Gasteiger partial charge in [0.15, 0.2) is 0 Å². The number of anilines is 1. The summed E-state index contributed by atoms with van der Waals surface area (Å²) in [6, 6.07) is 4.14. The Morgan fingerprint density at radius 2 is 1.79 bits per heavy atom. The molecule has 0 bridgehead atoms. The van der Waals surface area contributed by atoms with Crippen molar-refractivity contribution >= 4 is 17.7 Å². The van der Waals surface area contributed by atoms with Gasteiger partial charge in [0.25, 0.3) is 0 Å². The summed E-state index contributed by atoms with van der Waals surface area (Å²) in [5.74, 6) is 0.913. The third kappa shape index (κ3) is 4.42.